The Labute approximate surface area is 173 Å². The van der Waals surface area contributed by atoms with E-state index in [4.69, 9.17) is 4.74 Å². The average Bonchev–Trinajstić information content (AvgIpc) is 2.68. The van der Waals surface area contributed by atoms with E-state index in [2.05, 4.69) is 10.5 Å². The van der Waals surface area contributed by atoms with Crippen LogP contribution in [0.1, 0.15) is 19.4 Å². The van der Waals surface area contributed by atoms with Crippen LogP contribution < -0.4 is 5.43 Å². The van der Waals surface area contributed by atoms with Crippen molar-refractivity contribution in [3.63, 3.8) is 0 Å². The van der Waals surface area contributed by atoms with E-state index < -0.39 is 20.8 Å². The highest BCUT2D eigenvalue weighted by Crippen LogP contribution is 2.30. The molecule has 160 valence electrons. The third kappa shape index (κ3) is 4.81. The number of nitrogens with one attached hydrogen (secondary N) is 1. The lowest BCUT2D eigenvalue weighted by Crippen LogP contribution is -2.48. The molecule has 0 aromatic heterocycles. The summed E-state index contributed by atoms with van der Waals surface area (Å²) >= 11 is 0. The van der Waals surface area contributed by atoms with E-state index in [0.29, 0.717) is 0 Å². The molecule has 11 heteroatoms. The third-order valence-electron chi connectivity index (χ3n) is 4.47. The number of hydrogen-bond donors (Lipinski definition) is 1. The van der Waals surface area contributed by atoms with Crippen LogP contribution in [0.2, 0.25) is 0 Å². The molecule has 0 bridgehead atoms. The quantitative estimate of drug-likeness (QED) is 0.423. The number of ether oxygens (including phenoxy) is 1. The predicted molar refractivity (Wildman–Crippen MR) is 109 cm³/mol. The molecular weight excluding hydrogens is 415 g/mol. The average molecular weight is 436 g/mol. The summed E-state index contributed by atoms with van der Waals surface area (Å²) in [5.41, 5.74) is 2.44. The molecule has 1 fully saturated rings. The summed E-state index contributed by atoms with van der Waals surface area (Å²) in [4.78, 5) is 10.2. The molecule has 2 aromatic rings. The summed E-state index contributed by atoms with van der Waals surface area (Å²) < 4.78 is 47.1. The molecule has 0 aliphatic carbocycles. The fourth-order valence-corrected chi connectivity index (χ4v) is 4.90. The van der Waals surface area contributed by atoms with Crippen molar-refractivity contribution in [3.8, 4) is 0 Å². The Morgan fingerprint density at radius 3 is 2.53 bits per heavy atom. The number of anilines is 1. The Hall–Kier alpha value is -2.89. The van der Waals surface area contributed by atoms with Gasteiger partial charge in [-0.05, 0) is 26.0 Å². The summed E-state index contributed by atoms with van der Waals surface area (Å²) in [6.07, 6.45) is 0.557. The molecule has 1 saturated heterocycles. The first-order valence-electron chi connectivity index (χ1n) is 9.16. The zero-order valence-corrected chi connectivity index (χ0v) is 17.2. The van der Waals surface area contributed by atoms with Crippen LogP contribution in [0.5, 0.6) is 0 Å². The molecule has 9 nitrogen and oxygen atoms in total. The van der Waals surface area contributed by atoms with E-state index in [-0.39, 0.29) is 47.1 Å². The van der Waals surface area contributed by atoms with Crippen LogP contribution in [-0.2, 0) is 14.8 Å². The Morgan fingerprint density at radius 2 is 1.90 bits per heavy atom. The molecule has 2 aromatic carbocycles. The first-order chi connectivity index (χ1) is 14.2. The molecule has 1 N–H and O–H groups in total. The lowest BCUT2D eigenvalue weighted by atomic mass is 10.2. The van der Waals surface area contributed by atoms with Crippen LogP contribution in [-0.4, -0.2) is 49.2 Å². The maximum Gasteiger partial charge on any atom is 0.270 e. The number of benzene rings is 2. The summed E-state index contributed by atoms with van der Waals surface area (Å²) in [6.45, 7) is 3.74. The van der Waals surface area contributed by atoms with Crippen LogP contribution in [0, 0.1) is 15.9 Å². The number of hydrogen-bond acceptors (Lipinski definition) is 7. The van der Waals surface area contributed by atoms with Crippen LogP contribution in [0.25, 0.3) is 0 Å². The summed E-state index contributed by atoms with van der Waals surface area (Å²) in [6, 6.07) is 9.36. The molecule has 30 heavy (non-hydrogen) atoms. The lowest BCUT2D eigenvalue weighted by Gasteiger charge is -2.34. The van der Waals surface area contributed by atoms with E-state index in [1.165, 1.54) is 40.9 Å². The maximum atomic E-state index is 13.7. The highest BCUT2D eigenvalue weighted by atomic mass is 32.2. The van der Waals surface area contributed by atoms with Crippen molar-refractivity contribution in [2.24, 2.45) is 5.10 Å². The normalized spacial score (nSPS) is 20.4. The molecule has 0 amide bonds. The lowest BCUT2D eigenvalue weighted by molar-refractivity contribution is -0.385. The highest BCUT2D eigenvalue weighted by Gasteiger charge is 2.34. The fourth-order valence-electron chi connectivity index (χ4n) is 3.15. The van der Waals surface area contributed by atoms with Crippen LogP contribution in [0.15, 0.2) is 52.5 Å². The van der Waals surface area contributed by atoms with Gasteiger partial charge >= 0.3 is 0 Å². The van der Waals surface area contributed by atoms with E-state index in [1.807, 2.05) is 0 Å². The van der Waals surface area contributed by atoms with Gasteiger partial charge in [-0.15, -0.1) is 0 Å². The number of hydrazone groups is 1. The van der Waals surface area contributed by atoms with Crippen molar-refractivity contribution in [3.05, 3.63) is 64.0 Å². The zero-order valence-electron chi connectivity index (χ0n) is 16.4. The Morgan fingerprint density at radius 1 is 1.23 bits per heavy atom. The Balaban J connectivity index is 1.96. The second-order valence-corrected chi connectivity index (χ2v) is 8.81. The Kier molecular flexibility index (Phi) is 6.44. The molecule has 0 unspecified atom stereocenters. The highest BCUT2D eigenvalue weighted by molar-refractivity contribution is 7.89. The zero-order chi connectivity index (χ0) is 21.9. The minimum absolute atomic E-state index is 0.0417. The van der Waals surface area contributed by atoms with Crippen molar-refractivity contribution < 1.29 is 22.5 Å². The second kappa shape index (κ2) is 8.86. The number of nitrogens with zero attached hydrogens (tertiary/aromatic N) is 3. The maximum absolute atomic E-state index is 13.7. The van der Waals surface area contributed by atoms with E-state index in [0.717, 1.165) is 6.07 Å². The topological polar surface area (TPSA) is 114 Å². The molecule has 0 radical (unpaired) electrons. The van der Waals surface area contributed by atoms with Gasteiger partial charge in [0.05, 0.1) is 29.0 Å². The van der Waals surface area contributed by atoms with Gasteiger partial charge in [0.2, 0.25) is 10.0 Å². The first kappa shape index (κ1) is 21.8. The van der Waals surface area contributed by atoms with Crippen molar-refractivity contribution in [2.45, 2.75) is 31.0 Å². The minimum atomic E-state index is -4.08. The number of rotatable bonds is 6. The number of morpholine rings is 1. The molecule has 0 saturated carbocycles. The van der Waals surface area contributed by atoms with Crippen molar-refractivity contribution in [1.29, 1.82) is 0 Å². The molecule has 0 spiro atoms. The van der Waals surface area contributed by atoms with E-state index >= 15 is 0 Å². The van der Waals surface area contributed by atoms with Crippen molar-refractivity contribution in [2.75, 3.05) is 18.5 Å². The molecular formula is C19H21FN4O5S. The number of sulfonamides is 1. The van der Waals surface area contributed by atoms with E-state index in [9.17, 15) is 22.9 Å². The van der Waals surface area contributed by atoms with E-state index in [1.54, 1.807) is 19.9 Å². The van der Waals surface area contributed by atoms with Gasteiger partial charge in [0.25, 0.3) is 5.69 Å². The van der Waals surface area contributed by atoms with Gasteiger partial charge in [-0.3, -0.25) is 15.5 Å². The largest absolute Gasteiger partial charge is 0.373 e. The molecule has 1 heterocycles. The number of halogens is 1. The number of non-ortho nitro benzene ring substituents is 1. The van der Waals surface area contributed by atoms with Gasteiger partial charge in [0, 0.05) is 30.8 Å². The number of nitro groups is 1. The van der Waals surface area contributed by atoms with Gasteiger partial charge in [-0.25, -0.2) is 12.8 Å². The smallest absolute Gasteiger partial charge is 0.270 e. The Bertz CT molecular complexity index is 1070. The first-order valence-corrected chi connectivity index (χ1v) is 10.6. The fraction of sp³-hybridized carbons (Fsp3) is 0.316. The van der Waals surface area contributed by atoms with Gasteiger partial charge in [0.15, 0.2) is 0 Å². The standard InChI is InChI=1S/C19H21FN4O5S/c1-13-11-23(12-14(2)29-13)30(27,28)19-9-16(24(25)26)7-8-18(19)22-21-10-15-5-3-4-6-17(15)20/h3-10,13-14,22H,11-12H2,1-2H3/b21-10-/t13-,14-/m0/s1. The van der Waals surface area contributed by atoms with Gasteiger partial charge < -0.3 is 4.74 Å². The molecule has 3 rings (SSSR count). The monoisotopic (exact) mass is 436 g/mol. The van der Waals surface area contributed by atoms with Crippen molar-refractivity contribution in [1.82, 2.24) is 4.31 Å². The molecule has 1 aliphatic rings. The summed E-state index contributed by atoms with van der Waals surface area (Å²) in [5.74, 6) is -0.490. The second-order valence-electron chi connectivity index (χ2n) is 6.91. The van der Waals surface area contributed by atoms with Crippen LogP contribution in [0.3, 0.4) is 0 Å². The minimum Gasteiger partial charge on any atom is -0.373 e. The van der Waals surface area contributed by atoms with Gasteiger partial charge in [0.1, 0.15) is 10.7 Å². The number of nitro benzene ring substituents is 1. The molecule has 1 aliphatic heterocycles. The summed E-state index contributed by atoms with van der Waals surface area (Å²) in [5, 5.41) is 15.1. The third-order valence-corrected chi connectivity index (χ3v) is 6.35. The predicted octanol–water partition coefficient (Wildman–Crippen LogP) is 2.98. The van der Waals surface area contributed by atoms with Gasteiger partial charge in [-0.2, -0.15) is 9.41 Å². The van der Waals surface area contributed by atoms with Crippen LogP contribution >= 0.6 is 0 Å². The van der Waals surface area contributed by atoms with Gasteiger partial charge in [-0.1, -0.05) is 18.2 Å². The SMILES string of the molecule is C[C@H]1CN(S(=O)(=O)c2cc([N+](=O)[O-])ccc2N/N=C\c2ccccc2F)C[C@H](C)O1. The summed E-state index contributed by atoms with van der Waals surface area (Å²) in [7, 11) is -4.08. The molecule has 2 atom stereocenters. The van der Waals surface area contributed by atoms with Crippen LogP contribution in [0.4, 0.5) is 15.8 Å². The van der Waals surface area contributed by atoms with Crippen molar-refractivity contribution >= 4 is 27.6 Å².